The summed E-state index contributed by atoms with van der Waals surface area (Å²) in [6.07, 6.45) is 8.07. The molecular formula is C30H33N5O3. The van der Waals surface area contributed by atoms with Crippen LogP contribution in [-0.4, -0.2) is 53.9 Å². The van der Waals surface area contributed by atoms with Crippen LogP contribution in [0.3, 0.4) is 0 Å². The summed E-state index contributed by atoms with van der Waals surface area (Å²) < 4.78 is 3.12. The maximum Gasteiger partial charge on any atom is 0.264 e. The topological polar surface area (TPSA) is 93.2 Å². The SMILES string of the molecule is O=C([C@H]1CCCC[C@@H]1c1ccccc1)N1CCC(O)(Cn2cnc3c(cnn3-c3ccccc3)c2=O)CC1. The highest BCUT2D eigenvalue weighted by molar-refractivity contribution is 5.80. The van der Waals surface area contributed by atoms with E-state index < -0.39 is 5.60 Å². The monoisotopic (exact) mass is 511 g/mol. The third kappa shape index (κ3) is 4.65. The molecule has 2 aliphatic rings. The normalized spacial score (nSPS) is 21.4. The molecule has 0 radical (unpaired) electrons. The number of hydrogen-bond donors (Lipinski definition) is 1. The van der Waals surface area contributed by atoms with Crippen LogP contribution in [0.1, 0.15) is 50.0 Å². The van der Waals surface area contributed by atoms with Crippen molar-refractivity contribution in [1.29, 1.82) is 0 Å². The van der Waals surface area contributed by atoms with E-state index >= 15 is 0 Å². The second-order valence-corrected chi connectivity index (χ2v) is 10.8. The summed E-state index contributed by atoms with van der Waals surface area (Å²) in [5.74, 6) is 0.452. The minimum atomic E-state index is -1.07. The Balaban J connectivity index is 1.15. The Labute approximate surface area is 221 Å². The number of piperidine rings is 1. The average Bonchev–Trinajstić information content (AvgIpc) is 3.40. The van der Waals surface area contributed by atoms with Crippen LogP contribution in [0.2, 0.25) is 0 Å². The third-order valence-corrected chi connectivity index (χ3v) is 8.34. The minimum Gasteiger partial charge on any atom is -0.388 e. The van der Waals surface area contributed by atoms with Gasteiger partial charge in [-0.2, -0.15) is 5.10 Å². The molecule has 0 bridgehead atoms. The number of likely N-dealkylation sites (tertiary alicyclic amines) is 1. The fraction of sp³-hybridized carbons (Fsp3) is 0.400. The zero-order chi connectivity index (χ0) is 26.1. The van der Waals surface area contributed by atoms with Gasteiger partial charge in [0.25, 0.3) is 5.56 Å². The molecule has 1 saturated heterocycles. The van der Waals surface area contributed by atoms with Gasteiger partial charge in [0.05, 0.1) is 24.0 Å². The van der Waals surface area contributed by atoms with Crippen LogP contribution < -0.4 is 5.56 Å². The Morgan fingerprint density at radius 1 is 0.974 bits per heavy atom. The lowest BCUT2D eigenvalue weighted by atomic mass is 9.74. The quantitative estimate of drug-likeness (QED) is 0.439. The lowest BCUT2D eigenvalue weighted by Crippen LogP contribution is -2.51. The average molecular weight is 512 g/mol. The highest BCUT2D eigenvalue weighted by Gasteiger charge is 2.39. The van der Waals surface area contributed by atoms with Gasteiger partial charge in [0.1, 0.15) is 11.7 Å². The highest BCUT2D eigenvalue weighted by Crippen LogP contribution is 2.39. The molecular weight excluding hydrogens is 478 g/mol. The van der Waals surface area contributed by atoms with Crippen molar-refractivity contribution in [3.05, 3.63) is 89.1 Å². The molecule has 1 aliphatic carbocycles. The van der Waals surface area contributed by atoms with E-state index in [4.69, 9.17) is 0 Å². The molecule has 2 fully saturated rings. The summed E-state index contributed by atoms with van der Waals surface area (Å²) in [4.78, 5) is 33.3. The van der Waals surface area contributed by atoms with E-state index in [0.29, 0.717) is 37.0 Å². The predicted molar refractivity (Wildman–Crippen MR) is 145 cm³/mol. The maximum absolute atomic E-state index is 13.6. The van der Waals surface area contributed by atoms with Gasteiger partial charge in [0.2, 0.25) is 5.91 Å². The Morgan fingerprint density at radius 3 is 2.39 bits per heavy atom. The van der Waals surface area contributed by atoms with Crippen molar-refractivity contribution in [2.45, 2.75) is 56.6 Å². The molecule has 196 valence electrons. The summed E-state index contributed by atoms with van der Waals surface area (Å²) in [5, 5.41) is 16.2. The van der Waals surface area contributed by atoms with Gasteiger partial charge in [-0.1, -0.05) is 61.4 Å². The van der Waals surface area contributed by atoms with E-state index in [9.17, 15) is 14.7 Å². The molecule has 2 atom stereocenters. The lowest BCUT2D eigenvalue weighted by Gasteiger charge is -2.41. The number of fused-ring (bicyclic) bond motifs is 1. The van der Waals surface area contributed by atoms with E-state index in [-0.39, 0.29) is 29.8 Å². The van der Waals surface area contributed by atoms with Crippen LogP contribution >= 0.6 is 0 Å². The molecule has 1 N–H and O–H groups in total. The van der Waals surface area contributed by atoms with Crippen LogP contribution in [0.25, 0.3) is 16.7 Å². The summed E-state index contributed by atoms with van der Waals surface area (Å²) in [6, 6.07) is 19.9. The molecule has 1 amide bonds. The first-order valence-electron chi connectivity index (χ1n) is 13.6. The smallest absolute Gasteiger partial charge is 0.264 e. The van der Waals surface area contributed by atoms with Crippen LogP contribution in [0.5, 0.6) is 0 Å². The molecule has 8 nitrogen and oxygen atoms in total. The molecule has 4 aromatic rings. The second-order valence-electron chi connectivity index (χ2n) is 10.8. The van der Waals surface area contributed by atoms with Crippen molar-refractivity contribution in [3.8, 4) is 5.69 Å². The van der Waals surface area contributed by atoms with Gasteiger partial charge in [-0.05, 0) is 49.3 Å². The van der Waals surface area contributed by atoms with Crippen molar-refractivity contribution in [2.75, 3.05) is 13.1 Å². The highest BCUT2D eigenvalue weighted by atomic mass is 16.3. The number of hydrogen-bond acceptors (Lipinski definition) is 5. The first-order valence-corrected chi connectivity index (χ1v) is 13.6. The van der Waals surface area contributed by atoms with E-state index in [1.807, 2.05) is 53.4 Å². The summed E-state index contributed by atoms with van der Waals surface area (Å²) >= 11 is 0. The first-order chi connectivity index (χ1) is 18.5. The number of benzene rings is 2. The fourth-order valence-corrected chi connectivity index (χ4v) is 6.20. The van der Waals surface area contributed by atoms with Gasteiger partial charge in [0, 0.05) is 19.0 Å². The number of para-hydroxylation sites is 1. The standard InChI is InChI=1S/C30H33N5O3/c36-28(25-14-8-7-13-24(25)22-9-3-1-4-10-22)33-17-15-30(38,16-18-33)20-34-21-31-27-26(29(34)37)19-32-35(27)23-11-5-2-6-12-23/h1-6,9-12,19,21,24-25,38H,7-8,13-18,20H2/t24-,25+/m1/s1. The second kappa shape index (κ2) is 10.2. The number of amides is 1. The molecule has 6 rings (SSSR count). The maximum atomic E-state index is 13.6. The van der Waals surface area contributed by atoms with Gasteiger partial charge < -0.3 is 10.0 Å². The number of aliphatic hydroxyl groups is 1. The van der Waals surface area contributed by atoms with E-state index in [1.54, 1.807) is 4.68 Å². The summed E-state index contributed by atoms with van der Waals surface area (Å²) in [5.41, 5.74) is 1.27. The molecule has 0 spiro atoms. The number of nitrogens with zero attached hydrogens (tertiary/aromatic N) is 5. The first kappa shape index (κ1) is 24.6. The summed E-state index contributed by atoms with van der Waals surface area (Å²) in [6.45, 7) is 1.12. The molecule has 0 unspecified atom stereocenters. The zero-order valence-corrected chi connectivity index (χ0v) is 21.4. The van der Waals surface area contributed by atoms with Crippen molar-refractivity contribution in [2.24, 2.45) is 5.92 Å². The Kier molecular flexibility index (Phi) is 6.57. The number of carbonyl (C=O) groups is 1. The molecule has 8 heteroatoms. The minimum absolute atomic E-state index is 0.00674. The van der Waals surface area contributed by atoms with Crippen LogP contribution in [0.15, 0.2) is 78.0 Å². The van der Waals surface area contributed by atoms with Gasteiger partial charge in [0.15, 0.2) is 5.65 Å². The van der Waals surface area contributed by atoms with Crippen molar-refractivity contribution >= 4 is 16.9 Å². The lowest BCUT2D eigenvalue weighted by molar-refractivity contribution is -0.142. The fourth-order valence-electron chi connectivity index (χ4n) is 6.20. The van der Waals surface area contributed by atoms with Crippen LogP contribution in [0, 0.1) is 5.92 Å². The largest absolute Gasteiger partial charge is 0.388 e. The van der Waals surface area contributed by atoms with Gasteiger partial charge in [-0.25, -0.2) is 9.67 Å². The molecule has 38 heavy (non-hydrogen) atoms. The molecule has 1 saturated carbocycles. The molecule has 3 heterocycles. The van der Waals surface area contributed by atoms with Crippen molar-refractivity contribution in [3.63, 3.8) is 0 Å². The van der Waals surface area contributed by atoms with Crippen molar-refractivity contribution < 1.29 is 9.90 Å². The molecule has 2 aromatic heterocycles. The number of rotatable bonds is 5. The van der Waals surface area contributed by atoms with Crippen molar-refractivity contribution in [1.82, 2.24) is 24.2 Å². The van der Waals surface area contributed by atoms with Crippen LogP contribution in [-0.2, 0) is 11.3 Å². The predicted octanol–water partition coefficient (Wildman–Crippen LogP) is 3.91. The van der Waals surface area contributed by atoms with E-state index in [2.05, 4.69) is 22.2 Å². The van der Waals surface area contributed by atoms with E-state index in [1.165, 1.54) is 22.7 Å². The Bertz CT molecular complexity index is 1470. The van der Waals surface area contributed by atoms with Gasteiger partial charge in [-0.3, -0.25) is 14.2 Å². The van der Waals surface area contributed by atoms with Gasteiger partial charge >= 0.3 is 0 Å². The summed E-state index contributed by atoms with van der Waals surface area (Å²) in [7, 11) is 0. The third-order valence-electron chi connectivity index (χ3n) is 8.34. The molecule has 2 aromatic carbocycles. The van der Waals surface area contributed by atoms with Gasteiger partial charge in [-0.15, -0.1) is 0 Å². The Hall–Kier alpha value is -3.78. The number of aromatic nitrogens is 4. The zero-order valence-electron chi connectivity index (χ0n) is 21.4. The van der Waals surface area contributed by atoms with E-state index in [0.717, 1.165) is 31.4 Å². The Morgan fingerprint density at radius 2 is 1.66 bits per heavy atom. The van der Waals surface area contributed by atoms with Crippen LogP contribution in [0.4, 0.5) is 0 Å². The number of carbonyl (C=O) groups excluding carboxylic acids is 1. The molecule has 1 aliphatic heterocycles.